The molecular formula is C17H22N6. The van der Waals surface area contributed by atoms with Gasteiger partial charge in [0.05, 0.1) is 5.69 Å². The summed E-state index contributed by atoms with van der Waals surface area (Å²) >= 11 is 0. The molecule has 1 atom stereocenters. The van der Waals surface area contributed by atoms with E-state index in [9.17, 15) is 0 Å². The average Bonchev–Trinajstić information content (AvgIpc) is 3.16. The largest absolute Gasteiger partial charge is 0.294 e. The Kier molecular flexibility index (Phi) is 4.25. The third kappa shape index (κ3) is 3.03. The summed E-state index contributed by atoms with van der Waals surface area (Å²) < 4.78 is 4.02. The van der Waals surface area contributed by atoms with Crippen LogP contribution in [0.3, 0.4) is 0 Å². The molecule has 0 fully saturated rings. The van der Waals surface area contributed by atoms with Crippen LogP contribution in [-0.4, -0.2) is 36.5 Å². The Balaban J connectivity index is 1.82. The van der Waals surface area contributed by atoms with Crippen molar-refractivity contribution in [2.24, 2.45) is 0 Å². The first-order valence-corrected chi connectivity index (χ1v) is 7.72. The lowest BCUT2D eigenvalue weighted by Crippen LogP contribution is -2.23. The topological polar surface area (TPSA) is 51.8 Å². The minimum Gasteiger partial charge on any atom is -0.294 e. The summed E-state index contributed by atoms with van der Waals surface area (Å²) in [4.78, 5) is 6.77. The molecule has 0 aliphatic rings. The number of aryl methyl sites for hydroxylation is 1. The van der Waals surface area contributed by atoms with Crippen LogP contribution in [-0.2, 0) is 6.54 Å². The molecule has 0 aliphatic heterocycles. The fourth-order valence-corrected chi connectivity index (χ4v) is 2.89. The van der Waals surface area contributed by atoms with E-state index < -0.39 is 0 Å². The third-order valence-electron chi connectivity index (χ3n) is 4.33. The highest BCUT2D eigenvalue weighted by Gasteiger charge is 2.17. The van der Waals surface area contributed by atoms with Gasteiger partial charge in [0.25, 0.3) is 0 Å². The van der Waals surface area contributed by atoms with Crippen LogP contribution in [0.4, 0.5) is 0 Å². The fraction of sp³-hybridized carbons (Fsp3) is 0.353. The molecule has 0 bridgehead atoms. The van der Waals surface area contributed by atoms with Gasteiger partial charge in [0, 0.05) is 30.2 Å². The van der Waals surface area contributed by atoms with Crippen molar-refractivity contribution in [3.63, 3.8) is 0 Å². The van der Waals surface area contributed by atoms with Crippen molar-refractivity contribution in [2.75, 3.05) is 7.05 Å². The maximum absolute atomic E-state index is 4.46. The van der Waals surface area contributed by atoms with E-state index in [0.29, 0.717) is 0 Å². The molecule has 0 radical (unpaired) electrons. The second-order valence-corrected chi connectivity index (χ2v) is 5.90. The molecule has 0 N–H and O–H groups in total. The molecule has 23 heavy (non-hydrogen) atoms. The lowest BCUT2D eigenvalue weighted by molar-refractivity contribution is 0.248. The zero-order valence-corrected chi connectivity index (χ0v) is 14.0. The number of hydrogen-bond acceptors (Lipinski definition) is 4. The Morgan fingerprint density at radius 1 is 1.17 bits per heavy atom. The normalized spacial score (nSPS) is 12.7. The van der Waals surface area contributed by atoms with E-state index in [-0.39, 0.29) is 6.04 Å². The molecule has 3 aromatic rings. The van der Waals surface area contributed by atoms with Gasteiger partial charge in [0.15, 0.2) is 0 Å². The second-order valence-electron chi connectivity index (χ2n) is 5.90. The zero-order chi connectivity index (χ0) is 16.4. The summed E-state index contributed by atoms with van der Waals surface area (Å²) in [5.74, 6) is 0. The number of aromatic nitrogens is 5. The van der Waals surface area contributed by atoms with Gasteiger partial charge >= 0.3 is 0 Å². The van der Waals surface area contributed by atoms with Crippen LogP contribution < -0.4 is 0 Å². The quantitative estimate of drug-likeness (QED) is 0.727. The third-order valence-corrected chi connectivity index (χ3v) is 4.33. The fourth-order valence-electron chi connectivity index (χ4n) is 2.89. The SMILES string of the molecule is Cc1cc(CN(C)[C@H](C)c2ccccn2)c(C)n1-n1cnnc1. The van der Waals surface area contributed by atoms with Crippen LogP contribution in [0.2, 0.25) is 0 Å². The monoisotopic (exact) mass is 310 g/mol. The van der Waals surface area contributed by atoms with Crippen LogP contribution >= 0.6 is 0 Å². The van der Waals surface area contributed by atoms with Crippen LogP contribution in [0.25, 0.3) is 0 Å². The van der Waals surface area contributed by atoms with E-state index in [1.54, 1.807) is 12.7 Å². The molecule has 0 aromatic carbocycles. The summed E-state index contributed by atoms with van der Waals surface area (Å²) in [5, 5.41) is 7.78. The summed E-state index contributed by atoms with van der Waals surface area (Å²) in [7, 11) is 2.13. The van der Waals surface area contributed by atoms with Crippen molar-refractivity contribution in [1.29, 1.82) is 0 Å². The van der Waals surface area contributed by atoms with E-state index >= 15 is 0 Å². The highest BCUT2D eigenvalue weighted by atomic mass is 15.5. The molecule has 120 valence electrons. The van der Waals surface area contributed by atoms with Gasteiger partial charge in [-0.05, 0) is 51.6 Å². The predicted octanol–water partition coefficient (Wildman–Crippen LogP) is 2.60. The lowest BCUT2D eigenvalue weighted by atomic mass is 10.1. The molecular weight excluding hydrogens is 288 g/mol. The smallest absolute Gasteiger partial charge is 0.139 e. The van der Waals surface area contributed by atoms with Crippen LogP contribution in [0, 0.1) is 13.8 Å². The molecule has 3 rings (SSSR count). The molecule has 0 amide bonds. The van der Waals surface area contributed by atoms with Gasteiger partial charge in [-0.3, -0.25) is 14.6 Å². The van der Waals surface area contributed by atoms with Gasteiger partial charge in [-0.2, -0.15) is 0 Å². The van der Waals surface area contributed by atoms with E-state index in [0.717, 1.165) is 17.9 Å². The van der Waals surface area contributed by atoms with Crippen molar-refractivity contribution in [3.05, 3.63) is 65.8 Å². The average molecular weight is 310 g/mol. The first-order chi connectivity index (χ1) is 11.1. The Hall–Kier alpha value is -2.47. The number of rotatable bonds is 5. The highest BCUT2D eigenvalue weighted by Crippen LogP contribution is 2.22. The second kappa shape index (κ2) is 6.34. The Bertz CT molecular complexity index is 760. The summed E-state index contributed by atoms with van der Waals surface area (Å²) in [5.41, 5.74) is 4.74. The van der Waals surface area contributed by atoms with Gasteiger partial charge in [-0.25, -0.2) is 4.68 Å². The summed E-state index contributed by atoms with van der Waals surface area (Å²) in [6, 6.07) is 8.53. The van der Waals surface area contributed by atoms with E-state index in [2.05, 4.69) is 64.7 Å². The lowest BCUT2D eigenvalue weighted by Gasteiger charge is -2.24. The minimum atomic E-state index is 0.258. The Labute approximate surface area is 136 Å². The summed E-state index contributed by atoms with van der Waals surface area (Å²) in [6.45, 7) is 7.27. The van der Waals surface area contributed by atoms with Gasteiger partial charge in [-0.15, -0.1) is 10.2 Å². The molecule has 6 heteroatoms. The Morgan fingerprint density at radius 2 is 1.91 bits per heavy atom. The zero-order valence-electron chi connectivity index (χ0n) is 14.0. The van der Waals surface area contributed by atoms with Crippen molar-refractivity contribution in [2.45, 2.75) is 33.4 Å². The molecule has 0 spiro atoms. The standard InChI is InChI=1S/C17H22N6/c1-13-9-16(14(2)23(13)22-11-19-20-12-22)10-21(4)15(3)17-7-5-6-8-18-17/h5-9,11-12,15H,10H2,1-4H3/t15-/m1/s1. The van der Waals surface area contributed by atoms with Crippen molar-refractivity contribution >= 4 is 0 Å². The van der Waals surface area contributed by atoms with Gasteiger partial charge in [0.1, 0.15) is 12.7 Å². The molecule has 0 saturated heterocycles. The van der Waals surface area contributed by atoms with E-state index in [4.69, 9.17) is 0 Å². The van der Waals surface area contributed by atoms with E-state index in [1.807, 2.05) is 23.0 Å². The van der Waals surface area contributed by atoms with Crippen molar-refractivity contribution < 1.29 is 0 Å². The molecule has 0 unspecified atom stereocenters. The van der Waals surface area contributed by atoms with Gasteiger partial charge in [0.2, 0.25) is 0 Å². The van der Waals surface area contributed by atoms with E-state index in [1.165, 1.54) is 11.3 Å². The molecule has 0 saturated carbocycles. The number of pyridine rings is 1. The maximum atomic E-state index is 4.46. The predicted molar refractivity (Wildman–Crippen MR) is 88.8 cm³/mol. The maximum Gasteiger partial charge on any atom is 0.139 e. The summed E-state index contributed by atoms with van der Waals surface area (Å²) in [6.07, 6.45) is 5.27. The number of nitrogens with zero attached hydrogens (tertiary/aromatic N) is 6. The van der Waals surface area contributed by atoms with Crippen LogP contribution in [0.15, 0.2) is 43.1 Å². The van der Waals surface area contributed by atoms with Gasteiger partial charge < -0.3 is 0 Å². The minimum absolute atomic E-state index is 0.258. The highest BCUT2D eigenvalue weighted by molar-refractivity contribution is 5.27. The van der Waals surface area contributed by atoms with Crippen molar-refractivity contribution in [3.8, 4) is 0 Å². The number of hydrogen-bond donors (Lipinski definition) is 0. The van der Waals surface area contributed by atoms with Gasteiger partial charge in [-0.1, -0.05) is 6.07 Å². The van der Waals surface area contributed by atoms with Crippen LogP contribution in [0.5, 0.6) is 0 Å². The molecule has 0 aliphatic carbocycles. The first kappa shape index (κ1) is 15.4. The Morgan fingerprint density at radius 3 is 2.57 bits per heavy atom. The molecule has 3 heterocycles. The molecule has 6 nitrogen and oxygen atoms in total. The van der Waals surface area contributed by atoms with Crippen LogP contribution in [0.1, 0.15) is 35.6 Å². The molecule has 3 aromatic heterocycles. The van der Waals surface area contributed by atoms with Crippen molar-refractivity contribution in [1.82, 2.24) is 29.4 Å². The first-order valence-electron chi connectivity index (χ1n) is 7.72.